The molecule has 26 heavy (non-hydrogen) atoms. The van der Waals surface area contributed by atoms with Crippen LogP contribution in [0.4, 0.5) is 0 Å². The lowest BCUT2D eigenvalue weighted by Gasteiger charge is -2.30. The van der Waals surface area contributed by atoms with Crippen LogP contribution in [-0.2, 0) is 15.0 Å². The molecule has 0 aromatic heterocycles. The predicted molar refractivity (Wildman–Crippen MR) is 96.7 cm³/mol. The third-order valence-corrected chi connectivity index (χ3v) is 5.18. The minimum absolute atomic E-state index is 0.232. The molecule has 2 amide bonds. The van der Waals surface area contributed by atoms with E-state index in [0.717, 1.165) is 5.56 Å². The molecule has 0 saturated heterocycles. The van der Waals surface area contributed by atoms with Gasteiger partial charge in [-0.15, -0.1) is 0 Å². The molecule has 2 aromatic rings. The van der Waals surface area contributed by atoms with Crippen molar-refractivity contribution in [1.29, 1.82) is 0 Å². The smallest absolute Gasteiger partial charge is 0.329 e. The first-order chi connectivity index (χ1) is 12.4. The van der Waals surface area contributed by atoms with Crippen LogP contribution >= 0.6 is 11.6 Å². The Bertz CT molecular complexity index is 837. The fourth-order valence-corrected chi connectivity index (χ4v) is 3.38. The third-order valence-electron chi connectivity index (χ3n) is 4.93. The summed E-state index contributed by atoms with van der Waals surface area (Å²) in [5.74, 6) is -1.90. The van der Waals surface area contributed by atoms with E-state index in [1.54, 1.807) is 36.4 Å². The average Bonchev–Trinajstić information content (AvgIpc) is 2.90. The van der Waals surface area contributed by atoms with Crippen molar-refractivity contribution in [2.24, 2.45) is 0 Å². The highest BCUT2D eigenvalue weighted by Gasteiger charge is 2.44. The zero-order valence-corrected chi connectivity index (χ0v) is 15.2. The molecule has 0 fully saturated rings. The number of carbonyl (C=O) groups excluding carboxylic acids is 3. The van der Waals surface area contributed by atoms with Crippen molar-refractivity contribution < 1.29 is 19.2 Å². The summed E-state index contributed by atoms with van der Waals surface area (Å²) in [6.45, 7) is 3.73. The lowest BCUT2D eigenvalue weighted by Crippen LogP contribution is -2.42. The highest BCUT2D eigenvalue weighted by atomic mass is 35.5. The van der Waals surface area contributed by atoms with Crippen molar-refractivity contribution in [3.8, 4) is 0 Å². The summed E-state index contributed by atoms with van der Waals surface area (Å²) in [7, 11) is 0. The van der Waals surface area contributed by atoms with Crippen molar-refractivity contribution >= 4 is 29.4 Å². The maximum absolute atomic E-state index is 13.0. The quantitative estimate of drug-likeness (QED) is 0.740. The molecule has 0 spiro atoms. The van der Waals surface area contributed by atoms with Crippen molar-refractivity contribution in [2.45, 2.75) is 32.1 Å². The standard InChI is InChI=1S/C20H18ClNO4/c1-3-20(4-2,13-9-11-14(21)12-10-13)19(25)26-22-17(23)15-7-5-6-8-16(15)18(22)24/h5-12H,3-4H2,1-2H3. The molecule has 134 valence electrons. The van der Waals surface area contributed by atoms with Gasteiger partial charge in [-0.25, -0.2) is 4.79 Å². The second kappa shape index (κ2) is 6.92. The van der Waals surface area contributed by atoms with E-state index in [2.05, 4.69) is 0 Å². The molecule has 2 aromatic carbocycles. The first kappa shape index (κ1) is 18.1. The molecule has 0 radical (unpaired) electrons. The molecule has 3 rings (SSSR count). The lowest BCUT2D eigenvalue weighted by molar-refractivity contribution is -0.176. The maximum Gasteiger partial charge on any atom is 0.343 e. The van der Waals surface area contributed by atoms with Crippen LogP contribution in [0, 0.1) is 0 Å². The van der Waals surface area contributed by atoms with Crippen molar-refractivity contribution in [3.63, 3.8) is 0 Å². The molecular weight excluding hydrogens is 354 g/mol. The summed E-state index contributed by atoms with van der Waals surface area (Å²) in [6.07, 6.45) is 0.903. The predicted octanol–water partition coefficient (Wildman–Crippen LogP) is 4.15. The van der Waals surface area contributed by atoms with Gasteiger partial charge >= 0.3 is 5.97 Å². The van der Waals surface area contributed by atoms with Gasteiger partial charge in [-0.05, 0) is 42.7 Å². The first-order valence-electron chi connectivity index (χ1n) is 8.41. The number of benzene rings is 2. The first-order valence-corrected chi connectivity index (χ1v) is 8.78. The number of hydrogen-bond acceptors (Lipinski definition) is 4. The topological polar surface area (TPSA) is 63.7 Å². The molecule has 1 aliphatic heterocycles. The van der Waals surface area contributed by atoms with Crippen LogP contribution in [0.15, 0.2) is 48.5 Å². The second-order valence-electron chi connectivity index (χ2n) is 6.13. The van der Waals surface area contributed by atoms with Crippen LogP contribution < -0.4 is 0 Å². The summed E-state index contributed by atoms with van der Waals surface area (Å²) < 4.78 is 0. The zero-order chi connectivity index (χ0) is 18.9. The number of imide groups is 1. The fraction of sp³-hybridized carbons (Fsp3) is 0.250. The summed E-state index contributed by atoms with van der Waals surface area (Å²) in [5.41, 5.74) is 0.221. The van der Waals surface area contributed by atoms with Crippen molar-refractivity contribution in [1.82, 2.24) is 5.06 Å². The molecule has 1 aliphatic rings. The van der Waals surface area contributed by atoms with E-state index in [9.17, 15) is 14.4 Å². The number of hydroxylamine groups is 2. The summed E-state index contributed by atoms with van der Waals surface area (Å²) in [4.78, 5) is 43.2. The Kier molecular flexibility index (Phi) is 4.83. The van der Waals surface area contributed by atoms with Gasteiger partial charge in [0, 0.05) is 5.02 Å². The highest BCUT2D eigenvalue weighted by molar-refractivity contribution is 6.30. The Morgan fingerprint density at radius 3 is 1.92 bits per heavy atom. The van der Waals surface area contributed by atoms with E-state index in [1.807, 2.05) is 13.8 Å². The van der Waals surface area contributed by atoms with Crippen LogP contribution in [0.3, 0.4) is 0 Å². The van der Waals surface area contributed by atoms with E-state index >= 15 is 0 Å². The lowest BCUT2D eigenvalue weighted by atomic mass is 9.76. The average molecular weight is 372 g/mol. The molecule has 0 atom stereocenters. The molecule has 0 aliphatic carbocycles. The van der Waals surface area contributed by atoms with Crippen molar-refractivity contribution in [2.75, 3.05) is 0 Å². The fourth-order valence-electron chi connectivity index (χ4n) is 3.25. The normalized spacial score (nSPS) is 13.7. The summed E-state index contributed by atoms with van der Waals surface area (Å²) >= 11 is 5.94. The Morgan fingerprint density at radius 1 is 0.962 bits per heavy atom. The van der Waals surface area contributed by atoms with Gasteiger partial charge in [0.15, 0.2) is 0 Å². The van der Waals surface area contributed by atoms with Gasteiger partial charge in [-0.1, -0.05) is 54.8 Å². The number of nitrogens with zero attached hydrogens (tertiary/aromatic N) is 1. The Balaban J connectivity index is 1.91. The van der Waals surface area contributed by atoms with E-state index in [4.69, 9.17) is 16.4 Å². The van der Waals surface area contributed by atoms with Crippen LogP contribution in [0.25, 0.3) is 0 Å². The number of fused-ring (bicyclic) bond motifs is 1. The molecule has 5 nitrogen and oxygen atoms in total. The van der Waals surface area contributed by atoms with Gasteiger partial charge in [0.1, 0.15) is 0 Å². The van der Waals surface area contributed by atoms with E-state index in [1.165, 1.54) is 12.1 Å². The molecule has 6 heteroatoms. The molecule has 0 bridgehead atoms. The number of halogens is 1. The van der Waals surface area contributed by atoms with E-state index in [0.29, 0.717) is 22.9 Å². The van der Waals surface area contributed by atoms with E-state index in [-0.39, 0.29) is 11.1 Å². The van der Waals surface area contributed by atoms with Gasteiger partial charge in [-0.2, -0.15) is 0 Å². The zero-order valence-electron chi connectivity index (χ0n) is 14.5. The van der Waals surface area contributed by atoms with Crippen LogP contribution in [0.1, 0.15) is 53.0 Å². The molecule has 0 unspecified atom stereocenters. The van der Waals surface area contributed by atoms with Gasteiger partial charge in [0.05, 0.1) is 16.5 Å². The third kappa shape index (κ3) is 2.78. The van der Waals surface area contributed by atoms with E-state index < -0.39 is 23.2 Å². The van der Waals surface area contributed by atoms with Gasteiger partial charge < -0.3 is 4.84 Å². The molecule has 0 N–H and O–H groups in total. The van der Waals surface area contributed by atoms with Crippen molar-refractivity contribution in [3.05, 3.63) is 70.2 Å². The van der Waals surface area contributed by atoms with Gasteiger partial charge in [0.25, 0.3) is 11.8 Å². The van der Waals surface area contributed by atoms with Gasteiger partial charge in [-0.3, -0.25) is 9.59 Å². The summed E-state index contributed by atoms with van der Waals surface area (Å²) in [6, 6.07) is 13.3. The van der Waals surface area contributed by atoms with Crippen LogP contribution in [-0.4, -0.2) is 22.8 Å². The Hall–Kier alpha value is -2.66. The highest BCUT2D eigenvalue weighted by Crippen LogP contribution is 2.35. The minimum Gasteiger partial charge on any atom is -0.329 e. The monoisotopic (exact) mass is 371 g/mol. The molecule has 0 saturated carbocycles. The Labute approximate surface area is 156 Å². The van der Waals surface area contributed by atoms with Gasteiger partial charge in [0.2, 0.25) is 0 Å². The number of rotatable bonds is 5. The maximum atomic E-state index is 13.0. The Morgan fingerprint density at radius 2 is 1.46 bits per heavy atom. The minimum atomic E-state index is -0.972. The van der Waals surface area contributed by atoms with Crippen LogP contribution in [0.2, 0.25) is 5.02 Å². The number of hydrogen-bond donors (Lipinski definition) is 0. The molecule has 1 heterocycles. The van der Waals surface area contributed by atoms with Crippen LogP contribution in [0.5, 0.6) is 0 Å². The second-order valence-corrected chi connectivity index (χ2v) is 6.56. The summed E-state index contributed by atoms with van der Waals surface area (Å²) in [5, 5.41) is 1.12. The molecular formula is C20H18ClNO4. The largest absolute Gasteiger partial charge is 0.343 e. The number of amides is 2. The SMILES string of the molecule is CCC(CC)(C(=O)ON1C(=O)c2ccccc2C1=O)c1ccc(Cl)cc1. The number of carbonyl (C=O) groups is 3.